The Kier molecular flexibility index (Phi) is 6.67. The van der Waals surface area contributed by atoms with Crippen LogP contribution in [0, 0.1) is 11.8 Å². The number of hydrogen-bond donors (Lipinski definition) is 1. The highest BCUT2D eigenvalue weighted by molar-refractivity contribution is 5.75. The van der Waals surface area contributed by atoms with E-state index in [0.717, 1.165) is 54.5 Å². The van der Waals surface area contributed by atoms with Crippen LogP contribution in [0.2, 0.25) is 0 Å². The lowest BCUT2D eigenvalue weighted by Gasteiger charge is -2.18. The summed E-state index contributed by atoms with van der Waals surface area (Å²) in [6, 6.07) is 5.57. The van der Waals surface area contributed by atoms with Crippen LogP contribution in [0.4, 0.5) is 0 Å². The minimum absolute atomic E-state index is 0.0818. The molecule has 1 saturated carbocycles. The summed E-state index contributed by atoms with van der Waals surface area (Å²) in [6.07, 6.45) is 9.44. The standard InChI is InChI=1S/C21H30N2O3/c1-25-14-16-9-6-8-15(16)7-4-3-5-10-19-21(24)23-20-13-17(26-2)11-12-18(20)22-19/h11-13,15-16H,3-10,14H2,1-2H3,(H,23,24)/t15-,16-/m1/s1. The number of rotatable bonds is 9. The number of aromatic amines is 1. The SMILES string of the molecule is COC[C@H]1CCC[C@H]1CCCCCc1nc2ccc(OC)cc2[nH]c1=O. The van der Waals surface area contributed by atoms with E-state index in [4.69, 9.17) is 9.47 Å². The molecule has 142 valence electrons. The minimum atomic E-state index is -0.0818. The van der Waals surface area contributed by atoms with Crippen LogP contribution in [-0.2, 0) is 11.2 Å². The highest BCUT2D eigenvalue weighted by Crippen LogP contribution is 2.35. The summed E-state index contributed by atoms with van der Waals surface area (Å²) in [6.45, 7) is 0.909. The van der Waals surface area contributed by atoms with Gasteiger partial charge in [-0.15, -0.1) is 0 Å². The van der Waals surface area contributed by atoms with Crippen LogP contribution in [0.1, 0.15) is 50.6 Å². The Morgan fingerprint density at radius 3 is 2.81 bits per heavy atom. The molecular formula is C21H30N2O3. The molecule has 0 bridgehead atoms. The third kappa shape index (κ3) is 4.64. The number of aromatic nitrogens is 2. The summed E-state index contributed by atoms with van der Waals surface area (Å²) in [5, 5.41) is 0. The number of H-pyrrole nitrogens is 1. The average molecular weight is 358 g/mol. The molecule has 0 spiro atoms. The summed E-state index contributed by atoms with van der Waals surface area (Å²) in [5.74, 6) is 2.30. The van der Waals surface area contributed by atoms with Crippen LogP contribution in [0.15, 0.2) is 23.0 Å². The summed E-state index contributed by atoms with van der Waals surface area (Å²) >= 11 is 0. The molecule has 5 heteroatoms. The van der Waals surface area contributed by atoms with Crippen LogP contribution in [0.5, 0.6) is 5.75 Å². The van der Waals surface area contributed by atoms with E-state index in [1.165, 1.54) is 32.1 Å². The second kappa shape index (κ2) is 9.17. The Hall–Kier alpha value is -1.88. The van der Waals surface area contributed by atoms with Crippen molar-refractivity contribution in [3.8, 4) is 5.75 Å². The predicted molar refractivity (Wildman–Crippen MR) is 104 cm³/mol. The van der Waals surface area contributed by atoms with E-state index in [-0.39, 0.29) is 5.56 Å². The fourth-order valence-electron chi connectivity index (χ4n) is 4.20. The highest BCUT2D eigenvalue weighted by atomic mass is 16.5. The van der Waals surface area contributed by atoms with Crippen LogP contribution in [-0.4, -0.2) is 30.8 Å². The summed E-state index contributed by atoms with van der Waals surface area (Å²) in [5.41, 5.74) is 2.10. The maximum atomic E-state index is 12.2. The van der Waals surface area contributed by atoms with Gasteiger partial charge in [0.25, 0.3) is 5.56 Å². The van der Waals surface area contributed by atoms with Crippen molar-refractivity contribution < 1.29 is 9.47 Å². The fraction of sp³-hybridized carbons (Fsp3) is 0.619. The summed E-state index contributed by atoms with van der Waals surface area (Å²) in [7, 11) is 3.42. The fourth-order valence-corrected chi connectivity index (χ4v) is 4.20. The van der Waals surface area contributed by atoms with Crippen molar-refractivity contribution in [2.24, 2.45) is 11.8 Å². The van der Waals surface area contributed by atoms with Crippen molar-refractivity contribution in [3.05, 3.63) is 34.2 Å². The topological polar surface area (TPSA) is 64.2 Å². The van der Waals surface area contributed by atoms with E-state index >= 15 is 0 Å². The van der Waals surface area contributed by atoms with Gasteiger partial charge in [0.2, 0.25) is 0 Å². The Morgan fingerprint density at radius 2 is 2.00 bits per heavy atom. The summed E-state index contributed by atoms with van der Waals surface area (Å²) < 4.78 is 10.5. The molecule has 5 nitrogen and oxygen atoms in total. The molecule has 0 unspecified atom stereocenters. The molecule has 2 atom stereocenters. The lowest BCUT2D eigenvalue weighted by molar-refractivity contribution is 0.129. The zero-order valence-corrected chi connectivity index (χ0v) is 15.9. The zero-order chi connectivity index (χ0) is 18.4. The second-order valence-electron chi connectivity index (χ2n) is 7.40. The normalized spacial score (nSPS) is 19.9. The monoisotopic (exact) mass is 358 g/mol. The van der Waals surface area contributed by atoms with E-state index in [1.807, 2.05) is 18.2 Å². The van der Waals surface area contributed by atoms with Crippen LogP contribution >= 0.6 is 0 Å². The van der Waals surface area contributed by atoms with Gasteiger partial charge in [-0.3, -0.25) is 4.79 Å². The predicted octanol–water partition coefficient (Wildman–Crippen LogP) is 4.10. The molecule has 1 heterocycles. The van der Waals surface area contributed by atoms with Gasteiger partial charge in [-0.1, -0.05) is 32.1 Å². The lowest BCUT2D eigenvalue weighted by Crippen LogP contribution is -2.15. The van der Waals surface area contributed by atoms with E-state index in [9.17, 15) is 4.79 Å². The molecule has 1 N–H and O–H groups in total. The molecule has 1 aromatic carbocycles. The first kappa shape index (κ1) is 18.9. The van der Waals surface area contributed by atoms with Gasteiger partial charge in [-0.05, 0) is 43.2 Å². The first-order chi connectivity index (χ1) is 12.7. The maximum Gasteiger partial charge on any atom is 0.270 e. The number of unbranched alkanes of at least 4 members (excludes halogenated alkanes) is 2. The number of nitrogens with one attached hydrogen (secondary N) is 1. The smallest absolute Gasteiger partial charge is 0.270 e. The number of benzene rings is 1. The first-order valence-electron chi connectivity index (χ1n) is 9.77. The van der Waals surface area contributed by atoms with Crippen molar-refractivity contribution in [3.63, 3.8) is 0 Å². The molecule has 3 rings (SSSR count). The van der Waals surface area contributed by atoms with Crippen molar-refractivity contribution in [2.45, 2.75) is 51.4 Å². The molecule has 1 aliphatic carbocycles. The Balaban J connectivity index is 1.49. The average Bonchev–Trinajstić information content (AvgIpc) is 3.08. The molecule has 26 heavy (non-hydrogen) atoms. The number of ether oxygens (including phenoxy) is 2. The van der Waals surface area contributed by atoms with Crippen LogP contribution in [0.3, 0.4) is 0 Å². The second-order valence-corrected chi connectivity index (χ2v) is 7.40. The Labute approximate surface area is 155 Å². The number of nitrogens with zero attached hydrogens (tertiary/aromatic N) is 1. The Morgan fingerprint density at radius 1 is 1.15 bits per heavy atom. The molecule has 0 radical (unpaired) electrons. The third-order valence-corrected chi connectivity index (χ3v) is 5.66. The first-order valence-corrected chi connectivity index (χ1v) is 9.77. The maximum absolute atomic E-state index is 12.2. The van der Waals surface area contributed by atoms with Crippen LogP contribution in [0.25, 0.3) is 11.0 Å². The molecule has 1 fully saturated rings. The number of fused-ring (bicyclic) bond motifs is 1. The molecular weight excluding hydrogens is 328 g/mol. The van der Waals surface area contributed by atoms with Gasteiger partial charge in [-0.2, -0.15) is 0 Å². The quantitative estimate of drug-likeness (QED) is 0.686. The van der Waals surface area contributed by atoms with Crippen LogP contribution < -0.4 is 10.3 Å². The van der Waals surface area contributed by atoms with Gasteiger partial charge in [0.15, 0.2) is 0 Å². The highest BCUT2D eigenvalue weighted by Gasteiger charge is 2.26. The van der Waals surface area contributed by atoms with E-state index in [2.05, 4.69) is 9.97 Å². The van der Waals surface area contributed by atoms with E-state index in [1.54, 1.807) is 14.2 Å². The van der Waals surface area contributed by atoms with Gasteiger partial charge < -0.3 is 14.5 Å². The molecule has 0 saturated heterocycles. The largest absolute Gasteiger partial charge is 0.497 e. The molecule has 1 aliphatic rings. The molecule has 1 aromatic heterocycles. The van der Waals surface area contributed by atoms with Crippen molar-refractivity contribution in [1.82, 2.24) is 9.97 Å². The molecule has 0 amide bonds. The van der Waals surface area contributed by atoms with Gasteiger partial charge in [-0.25, -0.2) is 4.98 Å². The van der Waals surface area contributed by atoms with Gasteiger partial charge in [0.1, 0.15) is 11.4 Å². The number of methoxy groups -OCH3 is 2. The number of hydrogen-bond acceptors (Lipinski definition) is 4. The van der Waals surface area contributed by atoms with Crippen molar-refractivity contribution in [1.29, 1.82) is 0 Å². The van der Waals surface area contributed by atoms with Crippen molar-refractivity contribution >= 4 is 11.0 Å². The van der Waals surface area contributed by atoms with E-state index < -0.39 is 0 Å². The third-order valence-electron chi connectivity index (χ3n) is 5.66. The molecule has 2 aromatic rings. The molecule has 0 aliphatic heterocycles. The minimum Gasteiger partial charge on any atom is -0.497 e. The summed E-state index contributed by atoms with van der Waals surface area (Å²) in [4.78, 5) is 19.7. The lowest BCUT2D eigenvalue weighted by atomic mass is 9.91. The van der Waals surface area contributed by atoms with Gasteiger partial charge in [0, 0.05) is 19.8 Å². The van der Waals surface area contributed by atoms with Crippen molar-refractivity contribution in [2.75, 3.05) is 20.8 Å². The van der Waals surface area contributed by atoms with Gasteiger partial charge >= 0.3 is 0 Å². The van der Waals surface area contributed by atoms with Gasteiger partial charge in [0.05, 0.1) is 18.1 Å². The Bertz CT molecular complexity index is 771. The zero-order valence-electron chi connectivity index (χ0n) is 15.9. The van der Waals surface area contributed by atoms with E-state index in [0.29, 0.717) is 5.69 Å². The number of aryl methyl sites for hydroxylation is 1.